The van der Waals surface area contributed by atoms with Gasteiger partial charge in [0.15, 0.2) is 5.69 Å². The number of rotatable bonds is 7. The monoisotopic (exact) mass is 357 g/mol. The Morgan fingerprint density at radius 2 is 1.92 bits per heavy atom. The van der Waals surface area contributed by atoms with E-state index in [0.717, 1.165) is 39.1 Å². The van der Waals surface area contributed by atoms with Crippen LogP contribution in [0.25, 0.3) is 0 Å². The summed E-state index contributed by atoms with van der Waals surface area (Å²) in [5, 5.41) is 7.84. The van der Waals surface area contributed by atoms with E-state index in [2.05, 4.69) is 51.3 Å². The molecule has 1 fully saturated rings. The average Bonchev–Trinajstić information content (AvgIpc) is 3.12. The zero-order valence-corrected chi connectivity index (χ0v) is 15.6. The van der Waals surface area contributed by atoms with Gasteiger partial charge in [-0.25, -0.2) is 9.48 Å². The molecule has 0 atom stereocenters. The lowest BCUT2D eigenvalue weighted by Crippen LogP contribution is -2.47. The van der Waals surface area contributed by atoms with Crippen LogP contribution in [0.2, 0.25) is 0 Å². The summed E-state index contributed by atoms with van der Waals surface area (Å²) in [6.07, 6.45) is 2.40. The Hall–Kier alpha value is -2.41. The van der Waals surface area contributed by atoms with Gasteiger partial charge >= 0.3 is 5.97 Å². The molecule has 0 bridgehead atoms. The fraction of sp³-hybridized carbons (Fsp3) is 0.526. The van der Waals surface area contributed by atoms with Gasteiger partial charge < -0.3 is 9.64 Å². The first-order chi connectivity index (χ1) is 12.7. The van der Waals surface area contributed by atoms with Crippen molar-refractivity contribution in [1.29, 1.82) is 0 Å². The third-order valence-electron chi connectivity index (χ3n) is 4.77. The summed E-state index contributed by atoms with van der Waals surface area (Å²) in [7, 11) is 0. The quantitative estimate of drug-likeness (QED) is 0.706. The summed E-state index contributed by atoms with van der Waals surface area (Å²) in [6.45, 7) is 10.2. The van der Waals surface area contributed by atoms with Crippen LogP contribution >= 0.6 is 0 Å². The number of benzene rings is 1. The van der Waals surface area contributed by atoms with E-state index in [1.165, 1.54) is 17.4 Å². The van der Waals surface area contributed by atoms with Gasteiger partial charge in [0.05, 0.1) is 12.8 Å². The minimum atomic E-state index is -0.357. The molecule has 140 valence electrons. The molecular weight excluding hydrogens is 330 g/mol. The summed E-state index contributed by atoms with van der Waals surface area (Å²) < 4.78 is 6.67. The molecule has 0 saturated carbocycles. The Morgan fingerprint density at radius 1 is 1.15 bits per heavy atom. The molecule has 2 aromatic rings. The van der Waals surface area contributed by atoms with Crippen LogP contribution in [0.1, 0.15) is 29.4 Å². The standard InChI is InChI=1S/C19H27N5O2/c1-3-26-19(25)18-15-20-21-24(18)10-6-9-22-11-13-23(14-12-22)17-8-5-4-7-16(17)2/h4-5,7-8,15H,3,6,9-14H2,1-2H3. The number of nitrogens with zero attached hydrogens (tertiary/aromatic N) is 5. The third-order valence-corrected chi connectivity index (χ3v) is 4.77. The van der Waals surface area contributed by atoms with E-state index in [1.54, 1.807) is 11.6 Å². The Labute approximate surface area is 154 Å². The van der Waals surface area contributed by atoms with Crippen LogP contribution in [0, 0.1) is 6.92 Å². The second-order valence-corrected chi connectivity index (χ2v) is 6.53. The SMILES string of the molecule is CCOC(=O)c1cnnn1CCCN1CCN(c2ccccc2C)CC1. The van der Waals surface area contributed by atoms with Crippen molar-refractivity contribution in [1.82, 2.24) is 19.9 Å². The van der Waals surface area contributed by atoms with E-state index in [1.807, 2.05) is 0 Å². The van der Waals surface area contributed by atoms with Crippen molar-refractivity contribution < 1.29 is 9.53 Å². The van der Waals surface area contributed by atoms with Crippen LogP contribution < -0.4 is 4.90 Å². The predicted molar refractivity (Wildman–Crippen MR) is 100 cm³/mol. The van der Waals surface area contributed by atoms with Crippen molar-refractivity contribution in [2.24, 2.45) is 0 Å². The summed E-state index contributed by atoms with van der Waals surface area (Å²) in [4.78, 5) is 16.8. The molecule has 1 aliphatic heterocycles. The number of ether oxygens (including phenoxy) is 1. The molecular formula is C19H27N5O2. The van der Waals surface area contributed by atoms with Gasteiger partial charge in [0, 0.05) is 45.0 Å². The second-order valence-electron chi connectivity index (χ2n) is 6.53. The zero-order valence-electron chi connectivity index (χ0n) is 15.6. The Balaban J connectivity index is 1.44. The first-order valence-corrected chi connectivity index (χ1v) is 9.27. The van der Waals surface area contributed by atoms with Gasteiger partial charge in [0.25, 0.3) is 0 Å². The van der Waals surface area contributed by atoms with Crippen LogP contribution in [-0.4, -0.2) is 65.2 Å². The van der Waals surface area contributed by atoms with Gasteiger partial charge in [-0.05, 0) is 31.9 Å². The topological polar surface area (TPSA) is 63.5 Å². The largest absolute Gasteiger partial charge is 0.461 e. The van der Waals surface area contributed by atoms with Crippen LogP contribution in [-0.2, 0) is 11.3 Å². The molecule has 1 aromatic carbocycles. The molecule has 1 aliphatic rings. The van der Waals surface area contributed by atoms with Crippen LogP contribution in [0.3, 0.4) is 0 Å². The maximum absolute atomic E-state index is 11.9. The van der Waals surface area contributed by atoms with Gasteiger partial charge in [-0.15, -0.1) is 5.10 Å². The highest BCUT2D eigenvalue weighted by Crippen LogP contribution is 2.20. The van der Waals surface area contributed by atoms with E-state index in [-0.39, 0.29) is 5.97 Å². The van der Waals surface area contributed by atoms with Gasteiger partial charge in [0.1, 0.15) is 0 Å². The number of carbonyl (C=O) groups is 1. The Kier molecular flexibility index (Phi) is 6.22. The fourth-order valence-corrected chi connectivity index (χ4v) is 3.36. The number of esters is 1. The van der Waals surface area contributed by atoms with Crippen molar-refractivity contribution in [2.45, 2.75) is 26.8 Å². The highest BCUT2D eigenvalue weighted by molar-refractivity contribution is 5.87. The third kappa shape index (κ3) is 4.40. The molecule has 1 saturated heterocycles. The van der Waals surface area contributed by atoms with Crippen molar-refractivity contribution in [3.05, 3.63) is 41.7 Å². The molecule has 7 heteroatoms. The van der Waals surface area contributed by atoms with E-state index in [0.29, 0.717) is 18.8 Å². The molecule has 0 N–H and O–H groups in total. The van der Waals surface area contributed by atoms with Crippen LogP contribution in [0.15, 0.2) is 30.5 Å². The summed E-state index contributed by atoms with van der Waals surface area (Å²) in [6, 6.07) is 8.56. The van der Waals surface area contributed by atoms with Gasteiger partial charge in [-0.2, -0.15) is 0 Å². The minimum Gasteiger partial charge on any atom is -0.461 e. The first-order valence-electron chi connectivity index (χ1n) is 9.27. The smallest absolute Gasteiger partial charge is 0.358 e. The Morgan fingerprint density at radius 3 is 2.65 bits per heavy atom. The molecule has 0 amide bonds. The van der Waals surface area contributed by atoms with E-state index >= 15 is 0 Å². The number of carbonyl (C=O) groups excluding carboxylic acids is 1. The molecule has 0 spiro atoms. The number of piperazine rings is 1. The van der Waals surface area contributed by atoms with Gasteiger partial charge in [-0.3, -0.25) is 4.90 Å². The van der Waals surface area contributed by atoms with Crippen molar-refractivity contribution in [2.75, 3.05) is 44.2 Å². The lowest BCUT2D eigenvalue weighted by molar-refractivity contribution is 0.0511. The maximum Gasteiger partial charge on any atom is 0.358 e. The van der Waals surface area contributed by atoms with Crippen LogP contribution in [0.5, 0.6) is 0 Å². The molecule has 2 heterocycles. The molecule has 0 radical (unpaired) electrons. The number of anilines is 1. The normalized spacial score (nSPS) is 15.2. The fourth-order valence-electron chi connectivity index (χ4n) is 3.36. The van der Waals surface area contributed by atoms with E-state index < -0.39 is 0 Å². The van der Waals surface area contributed by atoms with E-state index in [9.17, 15) is 4.79 Å². The first kappa shape index (κ1) is 18.4. The minimum absolute atomic E-state index is 0.356. The number of para-hydroxylation sites is 1. The summed E-state index contributed by atoms with van der Waals surface area (Å²) in [5.74, 6) is -0.357. The lowest BCUT2D eigenvalue weighted by atomic mass is 10.1. The molecule has 7 nitrogen and oxygen atoms in total. The number of hydrogen-bond acceptors (Lipinski definition) is 6. The molecule has 3 rings (SSSR count). The maximum atomic E-state index is 11.9. The summed E-state index contributed by atoms with van der Waals surface area (Å²) in [5.41, 5.74) is 3.10. The molecule has 26 heavy (non-hydrogen) atoms. The van der Waals surface area contributed by atoms with Crippen molar-refractivity contribution >= 4 is 11.7 Å². The second kappa shape index (κ2) is 8.80. The lowest BCUT2D eigenvalue weighted by Gasteiger charge is -2.36. The average molecular weight is 357 g/mol. The molecule has 0 aliphatic carbocycles. The van der Waals surface area contributed by atoms with Crippen molar-refractivity contribution in [3.8, 4) is 0 Å². The van der Waals surface area contributed by atoms with Crippen molar-refractivity contribution in [3.63, 3.8) is 0 Å². The summed E-state index contributed by atoms with van der Waals surface area (Å²) >= 11 is 0. The van der Waals surface area contributed by atoms with Gasteiger partial charge in [0.2, 0.25) is 0 Å². The van der Waals surface area contributed by atoms with Crippen LogP contribution in [0.4, 0.5) is 5.69 Å². The Bertz CT molecular complexity index is 722. The highest BCUT2D eigenvalue weighted by atomic mass is 16.5. The highest BCUT2D eigenvalue weighted by Gasteiger charge is 2.18. The predicted octanol–water partition coefficient (Wildman–Crippen LogP) is 1.98. The molecule has 0 unspecified atom stereocenters. The zero-order chi connectivity index (χ0) is 18.4. The number of hydrogen-bond donors (Lipinski definition) is 0. The number of aromatic nitrogens is 3. The van der Waals surface area contributed by atoms with E-state index in [4.69, 9.17) is 4.74 Å². The molecule has 1 aromatic heterocycles. The van der Waals surface area contributed by atoms with Gasteiger partial charge in [-0.1, -0.05) is 23.4 Å². The number of aryl methyl sites for hydroxylation is 2.